The van der Waals surface area contributed by atoms with Crippen molar-refractivity contribution in [3.63, 3.8) is 0 Å². The number of hydrogen-bond acceptors (Lipinski definition) is 5. The summed E-state index contributed by atoms with van der Waals surface area (Å²) in [7, 11) is -2.81. The smallest absolute Gasteiger partial charge is 0.147 e. The lowest BCUT2D eigenvalue weighted by Crippen LogP contribution is -2.51. The van der Waals surface area contributed by atoms with E-state index in [2.05, 4.69) is 16.7 Å². The number of rotatable bonds is 6. The first kappa shape index (κ1) is 14.9. The molecule has 1 aliphatic heterocycles. The van der Waals surface area contributed by atoms with Crippen molar-refractivity contribution in [1.82, 2.24) is 9.80 Å². The fourth-order valence-corrected chi connectivity index (χ4v) is 2.78. The Morgan fingerprint density at radius 2 is 1.82 bits per heavy atom. The zero-order chi connectivity index (χ0) is 12.9. The highest BCUT2D eigenvalue weighted by atomic mass is 32.2. The van der Waals surface area contributed by atoms with Crippen LogP contribution in [0.25, 0.3) is 0 Å². The van der Waals surface area contributed by atoms with Crippen LogP contribution in [0.4, 0.5) is 0 Å². The summed E-state index contributed by atoms with van der Waals surface area (Å²) in [4.78, 5) is 4.73. The molecule has 0 radical (unpaired) electrons. The summed E-state index contributed by atoms with van der Waals surface area (Å²) in [5.41, 5.74) is 5.64. The molecule has 1 heterocycles. The summed E-state index contributed by atoms with van der Waals surface area (Å²) >= 11 is 0. The maximum Gasteiger partial charge on any atom is 0.147 e. The van der Waals surface area contributed by atoms with Crippen LogP contribution >= 0.6 is 0 Å². The molecule has 1 atom stereocenters. The van der Waals surface area contributed by atoms with Gasteiger partial charge in [-0.15, -0.1) is 0 Å². The Hall–Kier alpha value is -0.170. The minimum atomic E-state index is -2.81. The number of sulfone groups is 1. The van der Waals surface area contributed by atoms with Gasteiger partial charge < -0.3 is 10.6 Å². The summed E-state index contributed by atoms with van der Waals surface area (Å²) in [6, 6.07) is 0.452. The molecule has 0 amide bonds. The van der Waals surface area contributed by atoms with Crippen LogP contribution in [0, 0.1) is 0 Å². The van der Waals surface area contributed by atoms with Gasteiger partial charge >= 0.3 is 0 Å². The molecule has 1 unspecified atom stereocenters. The molecular formula is C11H25N3O2S. The van der Waals surface area contributed by atoms with Gasteiger partial charge in [-0.3, -0.25) is 4.90 Å². The van der Waals surface area contributed by atoms with Crippen LogP contribution < -0.4 is 5.73 Å². The van der Waals surface area contributed by atoms with Crippen molar-refractivity contribution in [2.45, 2.75) is 19.4 Å². The van der Waals surface area contributed by atoms with Crippen molar-refractivity contribution < 1.29 is 8.42 Å². The third-order valence-electron chi connectivity index (χ3n) is 3.36. The Kier molecular flexibility index (Phi) is 5.85. The van der Waals surface area contributed by atoms with Crippen LogP contribution in [0.1, 0.15) is 13.3 Å². The molecule has 0 bridgehead atoms. The van der Waals surface area contributed by atoms with E-state index >= 15 is 0 Å². The molecule has 0 aromatic heterocycles. The van der Waals surface area contributed by atoms with Gasteiger partial charge in [0.25, 0.3) is 0 Å². The third-order valence-corrected chi connectivity index (χ3v) is 4.39. The molecule has 2 N–H and O–H groups in total. The fourth-order valence-electron chi connectivity index (χ4n) is 2.13. The van der Waals surface area contributed by atoms with Gasteiger partial charge in [0.1, 0.15) is 9.84 Å². The Morgan fingerprint density at radius 3 is 2.29 bits per heavy atom. The van der Waals surface area contributed by atoms with Gasteiger partial charge in [0.2, 0.25) is 0 Å². The Bertz CT molecular complexity index is 311. The Labute approximate surface area is 105 Å². The second kappa shape index (κ2) is 6.68. The normalized spacial score (nSPS) is 21.6. The maximum atomic E-state index is 11.0. The second-order valence-corrected chi connectivity index (χ2v) is 7.21. The van der Waals surface area contributed by atoms with Gasteiger partial charge in [-0.05, 0) is 19.9 Å². The number of hydrogen-bond donors (Lipinski definition) is 1. The molecule has 1 rings (SSSR count). The molecular weight excluding hydrogens is 238 g/mol. The molecule has 0 aliphatic carbocycles. The summed E-state index contributed by atoms with van der Waals surface area (Å²) < 4.78 is 22.0. The van der Waals surface area contributed by atoms with Gasteiger partial charge in [0.15, 0.2) is 0 Å². The molecule has 0 aromatic rings. The van der Waals surface area contributed by atoms with E-state index < -0.39 is 9.84 Å². The van der Waals surface area contributed by atoms with E-state index in [1.165, 1.54) is 6.26 Å². The number of nitrogens with two attached hydrogens (primary N) is 1. The van der Waals surface area contributed by atoms with Crippen molar-refractivity contribution >= 4 is 9.84 Å². The molecule has 0 spiro atoms. The van der Waals surface area contributed by atoms with E-state index in [0.29, 0.717) is 18.3 Å². The highest BCUT2D eigenvalue weighted by Crippen LogP contribution is 2.06. The summed E-state index contributed by atoms with van der Waals surface area (Å²) in [5.74, 6) is 0.298. The predicted octanol–water partition coefficient (Wildman–Crippen LogP) is -0.614. The Morgan fingerprint density at radius 1 is 1.24 bits per heavy atom. The van der Waals surface area contributed by atoms with Crippen LogP contribution in [-0.2, 0) is 9.84 Å². The van der Waals surface area contributed by atoms with Gasteiger partial charge in [-0.25, -0.2) is 8.42 Å². The minimum absolute atomic E-state index is 0.298. The second-order valence-electron chi connectivity index (χ2n) is 4.95. The Balaban J connectivity index is 2.19. The lowest BCUT2D eigenvalue weighted by Gasteiger charge is -2.37. The van der Waals surface area contributed by atoms with Crippen LogP contribution in [0.3, 0.4) is 0 Å². The van der Waals surface area contributed by atoms with Crippen molar-refractivity contribution in [2.24, 2.45) is 5.73 Å². The van der Waals surface area contributed by atoms with Gasteiger partial charge in [0.05, 0.1) is 5.75 Å². The van der Waals surface area contributed by atoms with Crippen LogP contribution in [0.15, 0.2) is 0 Å². The molecule has 17 heavy (non-hydrogen) atoms. The molecule has 6 heteroatoms. The first-order chi connectivity index (χ1) is 7.92. The first-order valence-corrected chi connectivity index (χ1v) is 8.32. The minimum Gasteiger partial charge on any atom is -0.329 e. The predicted molar refractivity (Wildman–Crippen MR) is 70.9 cm³/mol. The lowest BCUT2D eigenvalue weighted by atomic mass is 10.2. The van der Waals surface area contributed by atoms with Gasteiger partial charge in [-0.2, -0.15) is 0 Å². The maximum absolute atomic E-state index is 11.0. The number of nitrogens with zero attached hydrogens (tertiary/aromatic N) is 2. The van der Waals surface area contributed by atoms with Gasteiger partial charge in [0, 0.05) is 45.0 Å². The van der Waals surface area contributed by atoms with Crippen molar-refractivity contribution in [3.8, 4) is 0 Å². The zero-order valence-electron chi connectivity index (χ0n) is 10.9. The molecule has 1 saturated heterocycles. The zero-order valence-corrected chi connectivity index (χ0v) is 11.7. The third kappa shape index (κ3) is 5.81. The quantitative estimate of drug-likeness (QED) is 0.692. The molecule has 1 fully saturated rings. The molecule has 0 saturated carbocycles. The monoisotopic (exact) mass is 263 g/mol. The van der Waals surface area contributed by atoms with Crippen LogP contribution in [0.2, 0.25) is 0 Å². The van der Waals surface area contributed by atoms with E-state index in [-0.39, 0.29) is 0 Å². The van der Waals surface area contributed by atoms with E-state index in [1.807, 2.05) is 0 Å². The average Bonchev–Trinajstić information content (AvgIpc) is 2.27. The standard InChI is InChI=1S/C11H25N3O2S/c1-11(10-12)14-7-5-13(6-8-14)4-3-9-17(2,15)16/h11H,3-10,12H2,1-2H3. The van der Waals surface area contributed by atoms with E-state index in [4.69, 9.17) is 5.73 Å². The number of piperazine rings is 1. The van der Waals surface area contributed by atoms with E-state index in [1.54, 1.807) is 0 Å². The molecule has 5 nitrogen and oxygen atoms in total. The summed E-state index contributed by atoms with van der Waals surface area (Å²) in [6.07, 6.45) is 2.04. The first-order valence-electron chi connectivity index (χ1n) is 6.26. The fraction of sp³-hybridized carbons (Fsp3) is 1.00. The molecule has 102 valence electrons. The van der Waals surface area contributed by atoms with Crippen molar-refractivity contribution in [2.75, 3.05) is 51.3 Å². The summed E-state index contributed by atoms with van der Waals surface area (Å²) in [5, 5.41) is 0. The van der Waals surface area contributed by atoms with Crippen molar-refractivity contribution in [3.05, 3.63) is 0 Å². The highest BCUT2D eigenvalue weighted by Gasteiger charge is 2.19. The van der Waals surface area contributed by atoms with Gasteiger partial charge in [-0.1, -0.05) is 0 Å². The van der Waals surface area contributed by atoms with Crippen LogP contribution in [0.5, 0.6) is 0 Å². The SMILES string of the molecule is CC(CN)N1CCN(CCCS(C)(=O)=O)CC1. The van der Waals surface area contributed by atoms with E-state index in [9.17, 15) is 8.42 Å². The summed E-state index contributed by atoms with van der Waals surface area (Å²) in [6.45, 7) is 7.86. The average molecular weight is 263 g/mol. The van der Waals surface area contributed by atoms with E-state index in [0.717, 1.165) is 39.1 Å². The topological polar surface area (TPSA) is 66.6 Å². The largest absolute Gasteiger partial charge is 0.329 e. The highest BCUT2D eigenvalue weighted by molar-refractivity contribution is 7.90. The lowest BCUT2D eigenvalue weighted by molar-refractivity contribution is 0.105. The molecule has 0 aromatic carbocycles. The molecule has 1 aliphatic rings. The van der Waals surface area contributed by atoms with Crippen molar-refractivity contribution in [1.29, 1.82) is 0 Å². The van der Waals surface area contributed by atoms with Crippen LogP contribution in [-0.4, -0.2) is 75.5 Å².